The van der Waals surface area contributed by atoms with Crippen LogP contribution in [0.5, 0.6) is 11.8 Å². The monoisotopic (exact) mass is 396 g/mol. The van der Waals surface area contributed by atoms with Crippen LogP contribution < -0.4 is 14.4 Å². The Bertz CT molecular complexity index is 876. The number of benzene rings is 1. The predicted octanol–water partition coefficient (Wildman–Crippen LogP) is 1.91. The van der Waals surface area contributed by atoms with E-state index in [1.807, 2.05) is 29.2 Å². The Morgan fingerprint density at radius 2 is 2.00 bits per heavy atom. The van der Waals surface area contributed by atoms with Crippen LogP contribution in [-0.4, -0.2) is 59.5 Å². The third-order valence-corrected chi connectivity index (χ3v) is 5.34. The number of ether oxygens (including phenoxy) is 2. The Kier molecular flexibility index (Phi) is 5.59. The Hall–Kier alpha value is -3.16. The number of nitrogens with zero attached hydrogens (tertiary/aromatic N) is 4. The molecule has 4 rings (SSSR count). The normalized spacial score (nSPS) is 21.9. The molecule has 3 heterocycles. The van der Waals surface area contributed by atoms with Crippen LogP contribution >= 0.6 is 0 Å². The highest BCUT2D eigenvalue weighted by molar-refractivity contribution is 6.00. The third-order valence-electron chi connectivity index (χ3n) is 5.34. The van der Waals surface area contributed by atoms with Crippen LogP contribution in [-0.2, 0) is 9.59 Å². The molecule has 0 bridgehead atoms. The van der Waals surface area contributed by atoms with E-state index in [0.29, 0.717) is 31.4 Å². The minimum Gasteiger partial charge on any atom is -0.497 e. The van der Waals surface area contributed by atoms with Gasteiger partial charge in [-0.15, -0.1) is 0 Å². The summed E-state index contributed by atoms with van der Waals surface area (Å²) >= 11 is 0. The van der Waals surface area contributed by atoms with E-state index in [9.17, 15) is 9.59 Å². The van der Waals surface area contributed by atoms with Crippen LogP contribution in [0.25, 0.3) is 0 Å². The summed E-state index contributed by atoms with van der Waals surface area (Å²) in [5.41, 5.74) is 0.755. The van der Waals surface area contributed by atoms with E-state index in [1.165, 1.54) is 0 Å². The number of hydrogen-bond acceptors (Lipinski definition) is 6. The summed E-state index contributed by atoms with van der Waals surface area (Å²) in [6, 6.07) is 9.40. The number of rotatable bonds is 5. The molecule has 2 aliphatic heterocycles. The van der Waals surface area contributed by atoms with E-state index < -0.39 is 0 Å². The number of carbonyl (C=O) groups is 2. The zero-order valence-corrected chi connectivity index (χ0v) is 16.4. The lowest BCUT2D eigenvalue weighted by Crippen LogP contribution is -2.47. The summed E-state index contributed by atoms with van der Waals surface area (Å²) in [7, 11) is 1.59. The lowest BCUT2D eigenvalue weighted by Gasteiger charge is -2.33. The molecule has 2 unspecified atom stereocenters. The highest BCUT2D eigenvalue weighted by atomic mass is 16.5. The minimum absolute atomic E-state index is 0.00558. The molecule has 0 N–H and O–H groups in total. The first-order valence-electron chi connectivity index (χ1n) is 9.81. The average molecular weight is 396 g/mol. The van der Waals surface area contributed by atoms with Gasteiger partial charge in [0.2, 0.25) is 11.8 Å². The van der Waals surface area contributed by atoms with Gasteiger partial charge in [-0.2, -0.15) is 0 Å². The fourth-order valence-corrected chi connectivity index (χ4v) is 3.89. The second kappa shape index (κ2) is 8.46. The second-order valence-electron chi connectivity index (χ2n) is 7.30. The van der Waals surface area contributed by atoms with Crippen molar-refractivity contribution in [1.29, 1.82) is 0 Å². The highest BCUT2D eigenvalue weighted by Crippen LogP contribution is 2.29. The van der Waals surface area contributed by atoms with Crippen molar-refractivity contribution in [2.24, 2.45) is 5.92 Å². The quantitative estimate of drug-likeness (QED) is 0.768. The van der Waals surface area contributed by atoms with Crippen LogP contribution in [0, 0.1) is 5.92 Å². The van der Waals surface area contributed by atoms with Gasteiger partial charge in [-0.3, -0.25) is 9.59 Å². The van der Waals surface area contributed by atoms with Crippen molar-refractivity contribution in [1.82, 2.24) is 14.9 Å². The fourth-order valence-electron chi connectivity index (χ4n) is 3.89. The fraction of sp³-hybridized carbons (Fsp3) is 0.429. The summed E-state index contributed by atoms with van der Waals surface area (Å²) in [4.78, 5) is 37.3. The maximum atomic E-state index is 13.1. The lowest BCUT2D eigenvalue weighted by molar-refractivity contribution is -0.138. The number of anilines is 1. The van der Waals surface area contributed by atoms with Crippen LogP contribution in [0.15, 0.2) is 42.7 Å². The van der Waals surface area contributed by atoms with E-state index >= 15 is 0 Å². The number of aromatic nitrogens is 2. The van der Waals surface area contributed by atoms with Crippen molar-refractivity contribution in [2.45, 2.75) is 25.4 Å². The number of methoxy groups -OCH3 is 1. The molecule has 8 nitrogen and oxygen atoms in total. The lowest BCUT2D eigenvalue weighted by atomic mass is 10.0. The van der Waals surface area contributed by atoms with Gasteiger partial charge in [0.15, 0.2) is 0 Å². The molecule has 2 amide bonds. The Balaban J connectivity index is 1.39. The number of carbonyl (C=O) groups excluding carboxylic acids is 2. The van der Waals surface area contributed by atoms with E-state index in [4.69, 9.17) is 9.47 Å². The van der Waals surface area contributed by atoms with Crippen LogP contribution in [0.4, 0.5) is 5.69 Å². The van der Waals surface area contributed by atoms with Gasteiger partial charge < -0.3 is 19.3 Å². The van der Waals surface area contributed by atoms with Crippen molar-refractivity contribution in [3.63, 3.8) is 0 Å². The molecule has 0 radical (unpaired) electrons. The van der Waals surface area contributed by atoms with Gasteiger partial charge in [-0.05, 0) is 31.0 Å². The molecular formula is C21H24N4O4. The summed E-state index contributed by atoms with van der Waals surface area (Å²) in [6.07, 6.45) is 5.04. The van der Waals surface area contributed by atoms with E-state index in [0.717, 1.165) is 18.5 Å². The standard InChI is InChI=1S/C21H24N4O4/c1-28-17-6-2-5-16(12-17)25-13-15(11-19(25)26)20(27)24-10-3-7-18(14-24)29-21-22-8-4-9-23-21/h2,4-6,8-9,12,15,18H,3,7,10-11,13-14H2,1H3. The Labute approximate surface area is 169 Å². The summed E-state index contributed by atoms with van der Waals surface area (Å²) in [5.74, 6) is 0.301. The highest BCUT2D eigenvalue weighted by Gasteiger charge is 2.38. The van der Waals surface area contributed by atoms with Crippen molar-refractivity contribution in [3.8, 4) is 11.8 Å². The molecule has 152 valence electrons. The van der Waals surface area contributed by atoms with Crippen molar-refractivity contribution >= 4 is 17.5 Å². The molecule has 8 heteroatoms. The van der Waals surface area contributed by atoms with Gasteiger partial charge in [0.25, 0.3) is 0 Å². The smallest absolute Gasteiger partial charge is 0.316 e. The van der Waals surface area contributed by atoms with Crippen LogP contribution in [0.1, 0.15) is 19.3 Å². The number of hydrogen-bond donors (Lipinski definition) is 0. The third kappa shape index (κ3) is 4.31. The van der Waals surface area contributed by atoms with Gasteiger partial charge >= 0.3 is 6.01 Å². The molecule has 2 aliphatic rings. The van der Waals surface area contributed by atoms with Crippen molar-refractivity contribution in [3.05, 3.63) is 42.7 Å². The summed E-state index contributed by atoms with van der Waals surface area (Å²) < 4.78 is 11.1. The number of likely N-dealkylation sites (tertiary alicyclic amines) is 1. The first kappa shape index (κ1) is 19.2. The van der Waals surface area contributed by atoms with Crippen LogP contribution in [0.2, 0.25) is 0 Å². The molecule has 0 aliphatic carbocycles. The molecule has 1 aromatic carbocycles. The molecule has 2 aromatic rings. The summed E-state index contributed by atoms with van der Waals surface area (Å²) in [6.45, 7) is 1.55. The van der Waals surface area contributed by atoms with E-state index in [1.54, 1.807) is 30.5 Å². The largest absolute Gasteiger partial charge is 0.497 e. The van der Waals surface area contributed by atoms with E-state index in [-0.39, 0.29) is 30.3 Å². The molecular weight excluding hydrogens is 372 g/mol. The first-order chi connectivity index (χ1) is 14.1. The topological polar surface area (TPSA) is 84.9 Å². The Morgan fingerprint density at radius 1 is 1.17 bits per heavy atom. The van der Waals surface area contributed by atoms with Crippen LogP contribution in [0.3, 0.4) is 0 Å². The number of amides is 2. The molecule has 2 atom stereocenters. The van der Waals surface area contributed by atoms with Crippen molar-refractivity contribution in [2.75, 3.05) is 31.6 Å². The second-order valence-corrected chi connectivity index (χ2v) is 7.30. The summed E-state index contributed by atoms with van der Waals surface area (Å²) in [5, 5.41) is 0. The first-order valence-corrected chi connectivity index (χ1v) is 9.81. The van der Waals surface area contributed by atoms with E-state index in [2.05, 4.69) is 9.97 Å². The molecule has 1 aromatic heterocycles. The van der Waals surface area contributed by atoms with Gasteiger partial charge in [-0.1, -0.05) is 6.07 Å². The molecule has 29 heavy (non-hydrogen) atoms. The van der Waals surface area contributed by atoms with Gasteiger partial charge in [-0.25, -0.2) is 9.97 Å². The molecule has 2 fully saturated rings. The Morgan fingerprint density at radius 3 is 2.79 bits per heavy atom. The zero-order valence-electron chi connectivity index (χ0n) is 16.4. The maximum Gasteiger partial charge on any atom is 0.316 e. The van der Waals surface area contributed by atoms with Gasteiger partial charge in [0.05, 0.1) is 19.6 Å². The molecule has 0 saturated carbocycles. The van der Waals surface area contributed by atoms with Crippen molar-refractivity contribution < 1.29 is 19.1 Å². The zero-order chi connectivity index (χ0) is 20.2. The minimum atomic E-state index is -0.347. The van der Waals surface area contributed by atoms with Gasteiger partial charge in [0.1, 0.15) is 11.9 Å². The maximum absolute atomic E-state index is 13.1. The average Bonchev–Trinajstić information content (AvgIpc) is 3.16. The predicted molar refractivity (Wildman–Crippen MR) is 106 cm³/mol. The SMILES string of the molecule is COc1cccc(N2CC(C(=O)N3CCCC(Oc4ncccn4)C3)CC2=O)c1. The molecule has 2 saturated heterocycles. The molecule has 0 spiro atoms. The van der Waals surface area contributed by atoms with Gasteiger partial charge in [0, 0.05) is 43.7 Å². The number of piperidine rings is 1.